The maximum absolute atomic E-state index is 13.1. The molecule has 2 aliphatic rings. The second kappa shape index (κ2) is 4.59. The van der Waals surface area contributed by atoms with Gasteiger partial charge in [0.15, 0.2) is 6.39 Å². The summed E-state index contributed by atoms with van der Waals surface area (Å²) in [6.45, 7) is -0.178. The average Bonchev–Trinajstić information content (AvgIpc) is 2.91. The predicted molar refractivity (Wildman–Crippen MR) is 74.4 cm³/mol. The van der Waals surface area contributed by atoms with Crippen molar-refractivity contribution in [2.24, 2.45) is 11.3 Å². The summed E-state index contributed by atoms with van der Waals surface area (Å²) < 4.78 is 44.6. The highest BCUT2D eigenvalue weighted by molar-refractivity contribution is 5.97. The summed E-state index contributed by atoms with van der Waals surface area (Å²) in [6.07, 6.45) is -3.01. The zero-order valence-corrected chi connectivity index (χ0v) is 12.0. The van der Waals surface area contributed by atoms with Gasteiger partial charge in [-0.25, -0.2) is 4.98 Å². The lowest BCUT2D eigenvalue weighted by Crippen LogP contribution is -2.36. The topological polar surface area (TPSA) is 46.3 Å². The molecule has 0 radical (unpaired) electrons. The third-order valence-corrected chi connectivity index (χ3v) is 4.81. The van der Waals surface area contributed by atoms with Crippen LogP contribution in [0, 0.1) is 11.3 Å². The highest BCUT2D eigenvalue weighted by Crippen LogP contribution is 2.66. The fourth-order valence-corrected chi connectivity index (χ4v) is 3.42. The molecule has 2 aromatic rings. The molecule has 120 valence electrons. The molecule has 1 aromatic carbocycles. The molecule has 0 bridgehead atoms. The molecule has 2 heterocycles. The number of piperidine rings is 1. The van der Waals surface area contributed by atoms with Crippen LogP contribution in [0.2, 0.25) is 0 Å². The number of carbonyl (C=O) groups excluding carboxylic acids is 1. The minimum absolute atomic E-state index is 0.00479. The number of benzene rings is 1. The van der Waals surface area contributed by atoms with Crippen molar-refractivity contribution in [2.75, 3.05) is 13.1 Å². The molecule has 2 unspecified atom stereocenters. The van der Waals surface area contributed by atoms with Gasteiger partial charge < -0.3 is 9.32 Å². The Morgan fingerprint density at radius 2 is 2.04 bits per heavy atom. The van der Waals surface area contributed by atoms with Gasteiger partial charge in [0.2, 0.25) is 5.76 Å². The number of halogens is 3. The summed E-state index contributed by atoms with van der Waals surface area (Å²) in [7, 11) is 0. The summed E-state index contributed by atoms with van der Waals surface area (Å²) in [4.78, 5) is 17.8. The quantitative estimate of drug-likeness (QED) is 0.852. The van der Waals surface area contributed by atoms with Crippen LogP contribution in [-0.4, -0.2) is 35.1 Å². The molecule has 1 aliphatic heterocycles. The molecule has 1 amide bonds. The molecule has 0 spiro atoms. The minimum Gasteiger partial charge on any atom is -0.438 e. The maximum Gasteiger partial charge on any atom is 0.396 e. The van der Waals surface area contributed by atoms with Gasteiger partial charge in [-0.15, -0.1) is 0 Å². The SMILES string of the molecule is O=C(c1ocnc1-c1ccccc1)N1CC2CC2(C(F)(F)F)C1. The van der Waals surface area contributed by atoms with E-state index in [0.29, 0.717) is 11.3 Å². The van der Waals surface area contributed by atoms with Gasteiger partial charge in [-0.2, -0.15) is 13.2 Å². The van der Waals surface area contributed by atoms with Crippen LogP contribution in [0.4, 0.5) is 13.2 Å². The van der Waals surface area contributed by atoms with Crippen molar-refractivity contribution < 1.29 is 22.4 Å². The number of hydrogen-bond acceptors (Lipinski definition) is 3. The molecule has 7 heteroatoms. The van der Waals surface area contributed by atoms with Gasteiger partial charge >= 0.3 is 6.18 Å². The van der Waals surface area contributed by atoms with Crippen LogP contribution < -0.4 is 0 Å². The molecule has 1 saturated carbocycles. The Kier molecular flexibility index (Phi) is 2.86. The maximum atomic E-state index is 13.1. The number of carbonyl (C=O) groups is 1. The Labute approximate surface area is 129 Å². The van der Waals surface area contributed by atoms with E-state index in [1.165, 1.54) is 4.90 Å². The molecule has 2 atom stereocenters. The molecule has 4 nitrogen and oxygen atoms in total. The third-order valence-electron chi connectivity index (χ3n) is 4.81. The van der Waals surface area contributed by atoms with Crippen LogP contribution in [0.1, 0.15) is 17.0 Å². The van der Waals surface area contributed by atoms with Gasteiger partial charge in [-0.05, 0) is 12.3 Å². The lowest BCUT2D eigenvalue weighted by molar-refractivity contribution is -0.187. The van der Waals surface area contributed by atoms with Crippen molar-refractivity contribution in [1.82, 2.24) is 9.88 Å². The van der Waals surface area contributed by atoms with Crippen LogP contribution in [-0.2, 0) is 0 Å². The monoisotopic (exact) mass is 322 g/mol. The Hall–Kier alpha value is -2.31. The summed E-state index contributed by atoms with van der Waals surface area (Å²) in [6, 6.07) is 8.96. The first kappa shape index (κ1) is 14.3. The van der Waals surface area contributed by atoms with Gasteiger partial charge in [0.1, 0.15) is 5.69 Å². The van der Waals surface area contributed by atoms with Crippen molar-refractivity contribution in [2.45, 2.75) is 12.6 Å². The van der Waals surface area contributed by atoms with Crippen molar-refractivity contribution in [3.8, 4) is 11.3 Å². The first-order chi connectivity index (χ1) is 10.9. The van der Waals surface area contributed by atoms with Crippen LogP contribution >= 0.6 is 0 Å². The van der Waals surface area contributed by atoms with Gasteiger partial charge in [-0.1, -0.05) is 30.3 Å². The number of hydrogen-bond donors (Lipinski definition) is 0. The molecular formula is C16H13F3N2O2. The molecular weight excluding hydrogens is 309 g/mol. The molecule has 1 aliphatic carbocycles. The van der Waals surface area contributed by atoms with Crippen LogP contribution in [0.3, 0.4) is 0 Å². The number of fused-ring (bicyclic) bond motifs is 1. The number of oxazole rings is 1. The highest BCUT2D eigenvalue weighted by atomic mass is 19.4. The molecule has 2 fully saturated rings. The second-order valence-electron chi connectivity index (χ2n) is 6.14. The number of amides is 1. The number of aromatic nitrogens is 1. The number of alkyl halides is 3. The van der Waals surface area contributed by atoms with E-state index in [1.54, 1.807) is 24.3 Å². The molecule has 1 aromatic heterocycles. The van der Waals surface area contributed by atoms with Gasteiger partial charge in [0, 0.05) is 18.7 Å². The Bertz CT molecular complexity index is 756. The Balaban J connectivity index is 1.60. The first-order valence-corrected chi connectivity index (χ1v) is 7.27. The fourth-order valence-electron chi connectivity index (χ4n) is 3.42. The van der Waals surface area contributed by atoms with E-state index in [-0.39, 0.29) is 25.3 Å². The average molecular weight is 322 g/mol. The van der Waals surface area contributed by atoms with Crippen LogP contribution in [0.5, 0.6) is 0 Å². The molecule has 0 N–H and O–H groups in total. The third kappa shape index (κ3) is 2.06. The molecule has 1 saturated heterocycles. The number of rotatable bonds is 2. The first-order valence-electron chi connectivity index (χ1n) is 7.27. The van der Waals surface area contributed by atoms with E-state index in [2.05, 4.69) is 4.98 Å². The minimum atomic E-state index is -4.27. The Morgan fingerprint density at radius 1 is 1.30 bits per heavy atom. The van der Waals surface area contributed by atoms with Crippen molar-refractivity contribution in [3.05, 3.63) is 42.5 Å². The Morgan fingerprint density at radius 3 is 2.70 bits per heavy atom. The van der Waals surface area contributed by atoms with E-state index in [4.69, 9.17) is 4.42 Å². The standard InChI is InChI=1S/C16H13F3N2O2/c17-16(18,19)15-6-11(15)7-21(8-15)14(22)13-12(20-9-23-13)10-4-2-1-3-5-10/h1-5,9,11H,6-8H2. The van der Waals surface area contributed by atoms with E-state index in [9.17, 15) is 18.0 Å². The van der Waals surface area contributed by atoms with E-state index >= 15 is 0 Å². The molecule has 23 heavy (non-hydrogen) atoms. The van der Waals surface area contributed by atoms with Gasteiger partial charge in [-0.3, -0.25) is 4.79 Å². The van der Waals surface area contributed by atoms with Crippen molar-refractivity contribution >= 4 is 5.91 Å². The zero-order valence-electron chi connectivity index (χ0n) is 12.0. The van der Waals surface area contributed by atoms with E-state index in [1.807, 2.05) is 6.07 Å². The van der Waals surface area contributed by atoms with Crippen molar-refractivity contribution in [3.63, 3.8) is 0 Å². The lowest BCUT2D eigenvalue weighted by atomic mass is 10.1. The highest BCUT2D eigenvalue weighted by Gasteiger charge is 2.74. The fraction of sp³-hybridized carbons (Fsp3) is 0.375. The number of likely N-dealkylation sites (tertiary alicyclic amines) is 1. The van der Waals surface area contributed by atoms with Crippen LogP contribution in [0.15, 0.2) is 41.1 Å². The lowest BCUT2D eigenvalue weighted by Gasteiger charge is -2.22. The van der Waals surface area contributed by atoms with Gasteiger partial charge in [0.05, 0.1) is 5.41 Å². The van der Waals surface area contributed by atoms with Crippen molar-refractivity contribution in [1.29, 1.82) is 0 Å². The van der Waals surface area contributed by atoms with E-state index < -0.39 is 23.4 Å². The van der Waals surface area contributed by atoms with E-state index in [0.717, 1.165) is 6.39 Å². The summed E-state index contributed by atoms with van der Waals surface area (Å²) >= 11 is 0. The summed E-state index contributed by atoms with van der Waals surface area (Å²) in [5.41, 5.74) is -0.660. The zero-order chi connectivity index (χ0) is 16.2. The summed E-state index contributed by atoms with van der Waals surface area (Å²) in [5.74, 6) is -1.03. The van der Waals surface area contributed by atoms with Crippen LogP contribution in [0.25, 0.3) is 11.3 Å². The number of nitrogens with zero attached hydrogens (tertiary/aromatic N) is 2. The smallest absolute Gasteiger partial charge is 0.396 e. The normalized spacial score (nSPS) is 26.2. The summed E-state index contributed by atoms with van der Waals surface area (Å²) in [5, 5.41) is 0. The van der Waals surface area contributed by atoms with Gasteiger partial charge in [0.25, 0.3) is 5.91 Å². The largest absolute Gasteiger partial charge is 0.438 e. The predicted octanol–water partition coefficient (Wildman–Crippen LogP) is 3.37. The second-order valence-corrected chi connectivity index (χ2v) is 6.14. The molecule has 4 rings (SSSR count).